The van der Waals surface area contributed by atoms with Gasteiger partial charge in [0.25, 0.3) is 5.69 Å². The normalized spacial score (nSPS) is 12.5. The maximum atomic E-state index is 12.6. The zero-order valence-electron chi connectivity index (χ0n) is 15.9. The summed E-state index contributed by atoms with van der Waals surface area (Å²) in [6.45, 7) is 0.509. The van der Waals surface area contributed by atoms with Gasteiger partial charge in [-0.1, -0.05) is 30.0 Å². The molecule has 8 nitrogen and oxygen atoms in total. The average molecular weight is 443 g/mol. The second kappa shape index (κ2) is 8.80. The summed E-state index contributed by atoms with van der Waals surface area (Å²) in [4.78, 5) is 40.9. The van der Waals surface area contributed by atoms with Gasteiger partial charge in [-0.2, -0.15) is 4.98 Å². The molecule has 0 saturated heterocycles. The van der Waals surface area contributed by atoms with E-state index in [1.165, 1.54) is 23.9 Å². The number of carbonyl (C=O) groups is 1. The van der Waals surface area contributed by atoms with Gasteiger partial charge in [0.05, 0.1) is 17.2 Å². The Morgan fingerprint density at radius 2 is 2.10 bits per heavy atom. The van der Waals surface area contributed by atoms with Crippen LogP contribution in [-0.4, -0.2) is 26.1 Å². The third kappa shape index (κ3) is 4.29. The number of benzene rings is 1. The summed E-state index contributed by atoms with van der Waals surface area (Å²) in [5.41, 5.74) is 1.69. The van der Waals surface area contributed by atoms with Crippen LogP contribution in [0.25, 0.3) is 0 Å². The second-order valence-electron chi connectivity index (χ2n) is 6.75. The third-order valence-electron chi connectivity index (χ3n) is 4.81. The number of thioether (sulfide) groups is 1. The van der Waals surface area contributed by atoms with Crippen LogP contribution < -0.4 is 11.0 Å². The Morgan fingerprint density at radius 1 is 1.27 bits per heavy atom. The second-order valence-corrected chi connectivity index (χ2v) is 8.75. The molecule has 0 radical (unpaired) electrons. The molecule has 0 fully saturated rings. The first-order valence-corrected chi connectivity index (χ1v) is 11.2. The first-order chi connectivity index (χ1) is 14.5. The van der Waals surface area contributed by atoms with E-state index < -0.39 is 4.92 Å². The van der Waals surface area contributed by atoms with E-state index in [2.05, 4.69) is 10.3 Å². The molecule has 10 heteroatoms. The van der Waals surface area contributed by atoms with Crippen molar-refractivity contribution in [2.24, 2.45) is 0 Å². The fourth-order valence-electron chi connectivity index (χ4n) is 3.49. The predicted octanol–water partition coefficient (Wildman–Crippen LogP) is 3.48. The number of thiophene rings is 1. The molecule has 0 atom stereocenters. The van der Waals surface area contributed by atoms with E-state index >= 15 is 0 Å². The smallest absolute Gasteiger partial charge is 0.320 e. The number of carbonyl (C=O) groups excluding carboxylic acids is 1. The number of rotatable bonds is 7. The number of nitrogens with zero attached hydrogens (tertiary/aromatic N) is 3. The Kier molecular flexibility index (Phi) is 5.96. The highest BCUT2D eigenvalue weighted by atomic mass is 32.2. The van der Waals surface area contributed by atoms with Crippen LogP contribution in [0.5, 0.6) is 0 Å². The molecule has 1 N–H and O–H groups in total. The molecule has 30 heavy (non-hydrogen) atoms. The molecule has 4 rings (SSSR count). The van der Waals surface area contributed by atoms with E-state index in [1.807, 2.05) is 17.5 Å². The van der Waals surface area contributed by atoms with E-state index in [0.29, 0.717) is 11.6 Å². The van der Waals surface area contributed by atoms with E-state index in [-0.39, 0.29) is 28.7 Å². The summed E-state index contributed by atoms with van der Waals surface area (Å²) >= 11 is 2.80. The summed E-state index contributed by atoms with van der Waals surface area (Å²) in [7, 11) is 0. The molecule has 3 aromatic rings. The van der Waals surface area contributed by atoms with Crippen LogP contribution in [0.3, 0.4) is 0 Å². The van der Waals surface area contributed by atoms with Gasteiger partial charge in [-0.15, -0.1) is 11.3 Å². The molecule has 0 saturated carbocycles. The van der Waals surface area contributed by atoms with E-state index in [1.54, 1.807) is 28.0 Å². The van der Waals surface area contributed by atoms with Gasteiger partial charge in [0.15, 0.2) is 0 Å². The lowest BCUT2D eigenvalue weighted by Gasteiger charge is -2.13. The van der Waals surface area contributed by atoms with Crippen LogP contribution in [0.1, 0.15) is 22.6 Å². The summed E-state index contributed by atoms with van der Waals surface area (Å²) in [6.07, 6.45) is 2.58. The summed E-state index contributed by atoms with van der Waals surface area (Å²) in [6, 6.07) is 9.94. The molecule has 2 heterocycles. The Balaban J connectivity index is 1.50. The van der Waals surface area contributed by atoms with Crippen molar-refractivity contribution in [2.75, 3.05) is 11.1 Å². The number of nitrogens with one attached hydrogen (secondary N) is 1. The molecule has 2 aromatic heterocycles. The number of aromatic nitrogens is 2. The third-order valence-corrected chi connectivity index (χ3v) is 6.69. The molecule has 154 valence electrons. The molecule has 1 aliphatic carbocycles. The van der Waals surface area contributed by atoms with Gasteiger partial charge in [-0.25, -0.2) is 4.79 Å². The largest absolute Gasteiger partial charge is 0.349 e. The van der Waals surface area contributed by atoms with Crippen molar-refractivity contribution in [3.05, 3.63) is 78.5 Å². The number of nitro benzene ring substituents is 1. The quantitative estimate of drug-likeness (QED) is 0.260. The molecule has 0 unspecified atom stereocenters. The highest BCUT2D eigenvalue weighted by molar-refractivity contribution is 8.00. The maximum Gasteiger partial charge on any atom is 0.349 e. The Bertz CT molecular complexity index is 1160. The highest BCUT2D eigenvalue weighted by Crippen LogP contribution is 2.30. The van der Waals surface area contributed by atoms with Gasteiger partial charge < -0.3 is 5.32 Å². The average Bonchev–Trinajstić information content (AvgIpc) is 3.41. The lowest BCUT2D eigenvalue weighted by Crippen LogP contribution is -2.27. The minimum Gasteiger partial charge on any atom is -0.320 e. The van der Waals surface area contributed by atoms with Gasteiger partial charge in [-0.05, 0) is 36.8 Å². The minimum absolute atomic E-state index is 0.0138. The number of hydrogen-bond donors (Lipinski definition) is 1. The van der Waals surface area contributed by atoms with Gasteiger partial charge in [0.2, 0.25) is 5.91 Å². The number of hydrogen-bond acceptors (Lipinski definition) is 7. The fourth-order valence-corrected chi connectivity index (χ4v) is 5.06. The predicted molar refractivity (Wildman–Crippen MR) is 116 cm³/mol. The summed E-state index contributed by atoms with van der Waals surface area (Å²) in [5.74, 6) is -0.370. The lowest BCUT2D eigenvalue weighted by atomic mass is 10.2. The minimum atomic E-state index is -0.537. The Morgan fingerprint density at radius 3 is 2.87 bits per heavy atom. The van der Waals surface area contributed by atoms with Crippen LogP contribution in [0.2, 0.25) is 0 Å². The summed E-state index contributed by atoms with van der Waals surface area (Å²) in [5, 5.41) is 16.2. The lowest BCUT2D eigenvalue weighted by molar-refractivity contribution is -0.383. The zero-order chi connectivity index (χ0) is 21.1. The first-order valence-electron chi connectivity index (χ1n) is 9.34. The van der Waals surface area contributed by atoms with Gasteiger partial charge in [0.1, 0.15) is 10.7 Å². The van der Waals surface area contributed by atoms with Crippen LogP contribution in [0.15, 0.2) is 51.6 Å². The molecular formula is C20H18N4O4S2. The SMILES string of the molecule is O=C(CSc1nc(=O)n(Cc2cccs2)c2c1CCC2)Nc1ccccc1[N+](=O)[O-]. The Hall–Kier alpha value is -2.98. The van der Waals surface area contributed by atoms with E-state index in [0.717, 1.165) is 35.4 Å². The molecule has 0 bridgehead atoms. The number of nitro groups is 1. The van der Waals surface area contributed by atoms with E-state index in [9.17, 15) is 19.7 Å². The van der Waals surface area contributed by atoms with Crippen molar-refractivity contribution in [3.8, 4) is 0 Å². The molecule has 1 amide bonds. The molecule has 0 aliphatic heterocycles. The number of fused-ring (bicyclic) bond motifs is 1. The van der Waals surface area contributed by atoms with Crippen LogP contribution in [0.4, 0.5) is 11.4 Å². The van der Waals surface area contributed by atoms with Crippen molar-refractivity contribution in [3.63, 3.8) is 0 Å². The molecule has 0 spiro atoms. The molecular weight excluding hydrogens is 424 g/mol. The first kappa shape index (κ1) is 20.3. The topological polar surface area (TPSA) is 107 Å². The molecule has 1 aromatic carbocycles. The number of para-hydroxylation sites is 2. The summed E-state index contributed by atoms with van der Waals surface area (Å²) < 4.78 is 1.73. The zero-order valence-corrected chi connectivity index (χ0v) is 17.5. The maximum absolute atomic E-state index is 12.6. The van der Waals surface area contributed by atoms with Gasteiger partial charge >= 0.3 is 5.69 Å². The molecule has 1 aliphatic rings. The van der Waals surface area contributed by atoms with Gasteiger partial charge in [-0.3, -0.25) is 19.5 Å². The van der Waals surface area contributed by atoms with Crippen molar-refractivity contribution in [2.45, 2.75) is 30.8 Å². The van der Waals surface area contributed by atoms with Crippen LogP contribution in [0, 0.1) is 10.1 Å². The van der Waals surface area contributed by atoms with Crippen LogP contribution >= 0.6 is 23.1 Å². The monoisotopic (exact) mass is 442 g/mol. The number of anilines is 1. The fraction of sp³-hybridized carbons (Fsp3) is 0.250. The number of amides is 1. The van der Waals surface area contributed by atoms with Crippen molar-refractivity contribution < 1.29 is 9.72 Å². The van der Waals surface area contributed by atoms with Gasteiger partial charge in [0, 0.05) is 22.2 Å². The van der Waals surface area contributed by atoms with Crippen molar-refractivity contribution in [1.29, 1.82) is 0 Å². The van der Waals surface area contributed by atoms with Crippen LogP contribution in [-0.2, 0) is 24.2 Å². The van der Waals surface area contributed by atoms with E-state index in [4.69, 9.17) is 0 Å². The Labute approximate surface area is 180 Å². The standard InChI is InChI=1S/C20H18N4O4S2/c25-18(21-15-7-1-2-8-17(15)24(27)28)12-30-19-14-6-3-9-16(14)23(20(26)22-19)11-13-5-4-10-29-13/h1-2,4-5,7-8,10H,3,6,9,11-12H2,(H,21,25). The highest BCUT2D eigenvalue weighted by Gasteiger charge is 2.23. The van der Waals surface area contributed by atoms with Crippen molar-refractivity contribution >= 4 is 40.4 Å². The van der Waals surface area contributed by atoms with Crippen molar-refractivity contribution in [1.82, 2.24) is 9.55 Å².